The molecule has 9 nitrogen and oxygen atoms in total. The molecule has 9 heteroatoms. The third-order valence-electron chi connectivity index (χ3n) is 7.45. The van der Waals surface area contributed by atoms with Crippen LogP contribution >= 0.6 is 0 Å². The first-order valence-electron chi connectivity index (χ1n) is 14.8. The van der Waals surface area contributed by atoms with Crippen LogP contribution in [0.15, 0.2) is 60.7 Å². The summed E-state index contributed by atoms with van der Waals surface area (Å²) in [5, 5.41) is 23.1. The van der Waals surface area contributed by atoms with Crippen molar-refractivity contribution in [2.24, 2.45) is 11.8 Å². The van der Waals surface area contributed by atoms with E-state index in [1.165, 1.54) is 13.8 Å². The zero-order valence-corrected chi connectivity index (χ0v) is 25.7. The zero-order chi connectivity index (χ0) is 31.2. The molecular formula is C33H48N4O5. The van der Waals surface area contributed by atoms with E-state index in [1.807, 2.05) is 88.4 Å². The zero-order valence-electron chi connectivity index (χ0n) is 25.7. The molecule has 2 aromatic rings. The van der Waals surface area contributed by atoms with E-state index in [0.717, 1.165) is 11.1 Å². The second-order valence-corrected chi connectivity index (χ2v) is 11.5. The van der Waals surface area contributed by atoms with E-state index in [9.17, 15) is 24.3 Å². The maximum Gasteiger partial charge on any atom is 0.243 e. The molecule has 0 radical (unpaired) electrons. The summed E-state index contributed by atoms with van der Waals surface area (Å²) in [4.78, 5) is 50.4. The second kappa shape index (κ2) is 17.3. The van der Waals surface area contributed by atoms with Crippen LogP contribution < -0.4 is 21.3 Å². The summed E-state index contributed by atoms with van der Waals surface area (Å²) in [5.41, 5.74) is 1.90. The van der Waals surface area contributed by atoms with Gasteiger partial charge in [-0.3, -0.25) is 19.2 Å². The highest BCUT2D eigenvalue weighted by molar-refractivity contribution is 5.88. The molecule has 4 amide bonds. The SMILES string of the molecule is CC[C@@H](C)[C@H](NC(C)=O)C(=O)N[C@@H](Cc1ccccc1)C[C@H](O)[C@H](Cc1ccccc1)NC(=O)[C@@H](NC(C)=O)C(C)C. The molecule has 0 fully saturated rings. The van der Waals surface area contributed by atoms with E-state index in [0.29, 0.717) is 19.3 Å². The largest absolute Gasteiger partial charge is 0.391 e. The first-order valence-corrected chi connectivity index (χ1v) is 14.8. The standard InChI is InChI=1S/C33H48N4O5/c1-7-22(4)31(35-24(6)39)33(42)36-27(18-25-14-10-8-11-15-25)20-29(40)28(19-26-16-12-9-13-17-26)37-32(41)30(21(2)3)34-23(5)38/h8-17,21-22,27-31,40H,7,18-20H2,1-6H3,(H,34,38)(H,35,39)(H,36,42)(H,37,41)/t22-,27+,28+,29+,30+,31+/m1/s1. The van der Waals surface area contributed by atoms with Crippen LogP contribution in [0.25, 0.3) is 0 Å². The molecule has 2 rings (SSSR count). The quantitative estimate of drug-likeness (QED) is 0.208. The van der Waals surface area contributed by atoms with Gasteiger partial charge in [-0.2, -0.15) is 0 Å². The number of nitrogens with one attached hydrogen (secondary N) is 4. The number of hydrogen-bond donors (Lipinski definition) is 5. The van der Waals surface area contributed by atoms with Crippen molar-refractivity contribution in [1.82, 2.24) is 21.3 Å². The molecule has 42 heavy (non-hydrogen) atoms. The molecule has 0 aliphatic heterocycles. The molecule has 0 aromatic heterocycles. The normalized spacial score (nSPS) is 15.4. The first kappa shape index (κ1) is 34.5. The maximum atomic E-state index is 13.4. The molecule has 0 saturated carbocycles. The van der Waals surface area contributed by atoms with E-state index in [4.69, 9.17) is 0 Å². The predicted molar refractivity (Wildman–Crippen MR) is 164 cm³/mol. The average Bonchev–Trinajstić information content (AvgIpc) is 2.94. The van der Waals surface area contributed by atoms with Gasteiger partial charge in [0.05, 0.1) is 12.1 Å². The van der Waals surface area contributed by atoms with E-state index in [-0.39, 0.29) is 41.9 Å². The molecule has 2 aromatic carbocycles. The number of aliphatic hydroxyl groups is 1. The van der Waals surface area contributed by atoms with Crippen molar-refractivity contribution in [3.05, 3.63) is 71.8 Å². The van der Waals surface area contributed by atoms with Gasteiger partial charge >= 0.3 is 0 Å². The molecule has 0 unspecified atom stereocenters. The minimum absolute atomic E-state index is 0.0944. The highest BCUT2D eigenvalue weighted by atomic mass is 16.3. The number of carbonyl (C=O) groups is 4. The fourth-order valence-corrected chi connectivity index (χ4v) is 4.94. The van der Waals surface area contributed by atoms with Gasteiger partial charge in [0, 0.05) is 19.9 Å². The van der Waals surface area contributed by atoms with E-state index in [2.05, 4.69) is 21.3 Å². The lowest BCUT2D eigenvalue weighted by molar-refractivity contribution is -0.130. The Morgan fingerprint density at radius 2 is 1.17 bits per heavy atom. The van der Waals surface area contributed by atoms with Gasteiger partial charge in [0.2, 0.25) is 23.6 Å². The summed E-state index contributed by atoms with van der Waals surface area (Å²) < 4.78 is 0. The Morgan fingerprint density at radius 3 is 1.64 bits per heavy atom. The molecule has 6 atom stereocenters. The fraction of sp³-hybridized carbons (Fsp3) is 0.515. The Morgan fingerprint density at radius 1 is 0.690 bits per heavy atom. The summed E-state index contributed by atoms with van der Waals surface area (Å²) in [6, 6.07) is 16.5. The van der Waals surface area contributed by atoms with E-state index < -0.39 is 30.3 Å². The van der Waals surface area contributed by atoms with Gasteiger partial charge in [-0.05, 0) is 42.2 Å². The number of benzene rings is 2. The van der Waals surface area contributed by atoms with Gasteiger partial charge in [-0.1, -0.05) is 94.8 Å². The molecule has 0 aliphatic rings. The Kier molecular flexibility index (Phi) is 14.2. The summed E-state index contributed by atoms with van der Waals surface area (Å²) >= 11 is 0. The molecular weight excluding hydrogens is 532 g/mol. The molecule has 0 heterocycles. The molecule has 0 aliphatic carbocycles. The lowest BCUT2D eigenvalue weighted by Crippen LogP contribution is -2.56. The van der Waals surface area contributed by atoms with Crippen molar-refractivity contribution in [2.75, 3.05) is 0 Å². The van der Waals surface area contributed by atoms with Crippen molar-refractivity contribution >= 4 is 23.6 Å². The molecule has 0 saturated heterocycles. The lowest BCUT2D eigenvalue weighted by Gasteiger charge is -2.32. The van der Waals surface area contributed by atoms with Crippen molar-refractivity contribution in [1.29, 1.82) is 0 Å². The first-order chi connectivity index (χ1) is 19.9. The highest BCUT2D eigenvalue weighted by Gasteiger charge is 2.32. The van der Waals surface area contributed by atoms with E-state index >= 15 is 0 Å². The van der Waals surface area contributed by atoms with Crippen LogP contribution in [-0.2, 0) is 32.0 Å². The smallest absolute Gasteiger partial charge is 0.243 e. The minimum Gasteiger partial charge on any atom is -0.391 e. The Bertz CT molecular complexity index is 1140. The van der Waals surface area contributed by atoms with Crippen LogP contribution in [0.2, 0.25) is 0 Å². The molecule has 0 bridgehead atoms. The number of amides is 4. The molecule has 5 N–H and O–H groups in total. The van der Waals surface area contributed by atoms with Crippen LogP contribution in [0.4, 0.5) is 0 Å². The van der Waals surface area contributed by atoms with Gasteiger partial charge in [-0.25, -0.2) is 0 Å². The monoisotopic (exact) mass is 580 g/mol. The third-order valence-corrected chi connectivity index (χ3v) is 7.45. The third kappa shape index (κ3) is 11.6. The van der Waals surface area contributed by atoms with Gasteiger partial charge in [-0.15, -0.1) is 0 Å². The van der Waals surface area contributed by atoms with Gasteiger partial charge < -0.3 is 26.4 Å². The fourth-order valence-electron chi connectivity index (χ4n) is 4.94. The number of rotatable bonds is 16. The van der Waals surface area contributed by atoms with Crippen LogP contribution in [0, 0.1) is 11.8 Å². The van der Waals surface area contributed by atoms with Crippen molar-refractivity contribution in [3.63, 3.8) is 0 Å². The van der Waals surface area contributed by atoms with Gasteiger partial charge in [0.25, 0.3) is 0 Å². The molecule has 0 spiro atoms. The lowest BCUT2D eigenvalue weighted by atomic mass is 9.92. The Hall–Kier alpha value is -3.72. The van der Waals surface area contributed by atoms with Gasteiger partial charge in [0.1, 0.15) is 12.1 Å². The summed E-state index contributed by atoms with van der Waals surface area (Å²) in [5.74, 6) is -1.57. The summed E-state index contributed by atoms with van der Waals surface area (Å²) in [7, 11) is 0. The van der Waals surface area contributed by atoms with Crippen molar-refractivity contribution in [3.8, 4) is 0 Å². The van der Waals surface area contributed by atoms with Crippen LogP contribution in [0.3, 0.4) is 0 Å². The topological polar surface area (TPSA) is 137 Å². The number of carbonyl (C=O) groups excluding carboxylic acids is 4. The van der Waals surface area contributed by atoms with E-state index in [1.54, 1.807) is 0 Å². The maximum absolute atomic E-state index is 13.4. The Labute approximate surface area is 250 Å². The van der Waals surface area contributed by atoms with Crippen molar-refractivity contribution < 1.29 is 24.3 Å². The molecule has 230 valence electrons. The second-order valence-electron chi connectivity index (χ2n) is 11.5. The van der Waals surface area contributed by atoms with Crippen LogP contribution in [0.5, 0.6) is 0 Å². The number of hydrogen-bond acceptors (Lipinski definition) is 5. The minimum atomic E-state index is -1.03. The number of aliphatic hydroxyl groups excluding tert-OH is 1. The van der Waals surface area contributed by atoms with Gasteiger partial charge in [0.15, 0.2) is 0 Å². The summed E-state index contributed by atoms with van der Waals surface area (Å²) in [6.07, 6.45) is 0.616. The van der Waals surface area contributed by atoms with Crippen molar-refractivity contribution in [2.45, 2.75) is 97.5 Å². The van der Waals surface area contributed by atoms with Crippen LogP contribution in [-0.4, -0.2) is 59.0 Å². The average molecular weight is 581 g/mol. The Balaban J connectivity index is 2.35. The highest BCUT2D eigenvalue weighted by Crippen LogP contribution is 2.16. The predicted octanol–water partition coefficient (Wildman–Crippen LogP) is 2.90. The van der Waals surface area contributed by atoms with Crippen LogP contribution in [0.1, 0.15) is 65.5 Å². The summed E-state index contributed by atoms with van der Waals surface area (Å²) in [6.45, 7) is 10.3.